The van der Waals surface area contributed by atoms with Crippen LogP contribution in [0.4, 0.5) is 4.39 Å². The fourth-order valence-electron chi connectivity index (χ4n) is 2.07. The quantitative estimate of drug-likeness (QED) is 0.885. The summed E-state index contributed by atoms with van der Waals surface area (Å²) < 4.78 is 13.9. The number of nitrogens with zero attached hydrogens (tertiary/aromatic N) is 2. The topological polar surface area (TPSA) is 37.8 Å². The molecule has 20 heavy (non-hydrogen) atoms. The van der Waals surface area contributed by atoms with E-state index in [2.05, 4.69) is 22.2 Å². The second-order valence-electron chi connectivity index (χ2n) is 4.58. The van der Waals surface area contributed by atoms with Crippen LogP contribution in [0.25, 0.3) is 0 Å². The summed E-state index contributed by atoms with van der Waals surface area (Å²) in [5.74, 6) is -0.300. The Morgan fingerprint density at radius 3 is 2.70 bits per heavy atom. The third kappa shape index (κ3) is 3.74. The molecule has 106 valence electrons. The lowest BCUT2D eigenvalue weighted by atomic mass is 10.00. The lowest BCUT2D eigenvalue weighted by molar-refractivity contribution is 0.495. The number of nitrogens with one attached hydrogen (secondary N) is 1. The van der Waals surface area contributed by atoms with E-state index in [9.17, 15) is 4.39 Å². The van der Waals surface area contributed by atoms with Gasteiger partial charge in [0.05, 0.1) is 11.2 Å². The van der Waals surface area contributed by atoms with Crippen LogP contribution < -0.4 is 5.32 Å². The Morgan fingerprint density at radius 1 is 1.25 bits per heavy atom. The van der Waals surface area contributed by atoms with Crippen molar-refractivity contribution >= 4 is 11.6 Å². The van der Waals surface area contributed by atoms with Gasteiger partial charge in [0, 0.05) is 30.2 Å². The van der Waals surface area contributed by atoms with Gasteiger partial charge in [-0.3, -0.25) is 9.97 Å². The third-order valence-electron chi connectivity index (χ3n) is 3.10. The number of halogens is 2. The fourth-order valence-corrected chi connectivity index (χ4v) is 2.27. The summed E-state index contributed by atoms with van der Waals surface area (Å²) >= 11 is 6.13. The second kappa shape index (κ2) is 7.31. The standard InChI is InChI=1S/C15H17ClFN3/c1-2-5-20-15(12-4-7-19-10-14(12)17)8-11-3-6-18-9-13(11)16/h3-4,6-7,9-10,15,20H,2,5,8H2,1H3. The molecule has 3 nitrogen and oxygen atoms in total. The first-order valence-corrected chi connectivity index (χ1v) is 7.01. The number of hydrogen-bond acceptors (Lipinski definition) is 3. The minimum atomic E-state index is -0.300. The van der Waals surface area contributed by atoms with E-state index in [1.807, 2.05) is 6.07 Å². The molecule has 0 saturated carbocycles. The minimum Gasteiger partial charge on any atom is -0.310 e. The van der Waals surface area contributed by atoms with Crippen molar-refractivity contribution < 1.29 is 4.39 Å². The Labute approximate surface area is 123 Å². The molecule has 0 aliphatic rings. The van der Waals surface area contributed by atoms with E-state index in [-0.39, 0.29) is 11.9 Å². The lowest BCUT2D eigenvalue weighted by Crippen LogP contribution is -2.25. The Bertz CT molecular complexity index is 562. The van der Waals surface area contributed by atoms with Gasteiger partial charge in [-0.05, 0) is 37.1 Å². The van der Waals surface area contributed by atoms with Gasteiger partial charge in [-0.15, -0.1) is 0 Å². The van der Waals surface area contributed by atoms with E-state index in [1.165, 1.54) is 6.20 Å². The zero-order chi connectivity index (χ0) is 14.4. The van der Waals surface area contributed by atoms with Gasteiger partial charge in [0.1, 0.15) is 5.82 Å². The third-order valence-corrected chi connectivity index (χ3v) is 3.44. The first-order chi connectivity index (χ1) is 9.72. The second-order valence-corrected chi connectivity index (χ2v) is 4.98. The summed E-state index contributed by atoms with van der Waals surface area (Å²) in [6.45, 7) is 2.89. The normalized spacial score (nSPS) is 12.3. The van der Waals surface area contributed by atoms with Crippen molar-refractivity contribution in [3.63, 3.8) is 0 Å². The average Bonchev–Trinajstić information content (AvgIpc) is 2.46. The molecule has 0 amide bonds. The SMILES string of the molecule is CCCNC(Cc1ccncc1Cl)c1ccncc1F. The van der Waals surface area contributed by atoms with Crippen molar-refractivity contribution in [2.75, 3.05) is 6.54 Å². The summed E-state index contributed by atoms with van der Waals surface area (Å²) in [4.78, 5) is 7.76. The first-order valence-electron chi connectivity index (χ1n) is 6.63. The van der Waals surface area contributed by atoms with Gasteiger partial charge in [-0.1, -0.05) is 18.5 Å². The molecule has 2 heterocycles. The van der Waals surface area contributed by atoms with Crippen LogP contribution in [0, 0.1) is 5.82 Å². The van der Waals surface area contributed by atoms with Crippen LogP contribution in [-0.4, -0.2) is 16.5 Å². The van der Waals surface area contributed by atoms with E-state index in [1.54, 1.807) is 24.7 Å². The average molecular weight is 294 g/mol. The first kappa shape index (κ1) is 14.9. The van der Waals surface area contributed by atoms with Gasteiger partial charge in [0.2, 0.25) is 0 Å². The van der Waals surface area contributed by atoms with Gasteiger partial charge in [-0.25, -0.2) is 4.39 Å². The van der Waals surface area contributed by atoms with Gasteiger partial charge in [0.15, 0.2) is 0 Å². The maximum absolute atomic E-state index is 13.9. The molecule has 0 aliphatic carbocycles. The van der Waals surface area contributed by atoms with Crippen LogP contribution in [0.1, 0.15) is 30.5 Å². The summed E-state index contributed by atoms with van der Waals surface area (Å²) in [7, 11) is 0. The molecule has 2 aromatic rings. The predicted molar refractivity (Wildman–Crippen MR) is 78.2 cm³/mol. The molecular formula is C15H17ClFN3. The summed E-state index contributed by atoms with van der Waals surface area (Å²) in [6, 6.07) is 3.44. The van der Waals surface area contributed by atoms with Crippen LogP contribution >= 0.6 is 11.6 Å². The molecule has 2 aromatic heterocycles. The monoisotopic (exact) mass is 293 g/mol. The van der Waals surface area contributed by atoms with E-state index in [0.29, 0.717) is 17.0 Å². The van der Waals surface area contributed by atoms with Crippen molar-refractivity contribution in [3.8, 4) is 0 Å². The molecule has 1 atom stereocenters. The zero-order valence-electron chi connectivity index (χ0n) is 11.3. The van der Waals surface area contributed by atoms with Crippen molar-refractivity contribution in [2.24, 2.45) is 0 Å². The Hall–Kier alpha value is -1.52. The van der Waals surface area contributed by atoms with Crippen molar-refractivity contribution in [2.45, 2.75) is 25.8 Å². The summed E-state index contributed by atoms with van der Waals surface area (Å²) in [5, 5.41) is 3.96. The summed E-state index contributed by atoms with van der Waals surface area (Å²) in [5.41, 5.74) is 1.56. The maximum atomic E-state index is 13.9. The highest BCUT2D eigenvalue weighted by molar-refractivity contribution is 6.31. The highest BCUT2D eigenvalue weighted by Crippen LogP contribution is 2.24. The Morgan fingerprint density at radius 2 is 2.00 bits per heavy atom. The van der Waals surface area contributed by atoms with Crippen molar-refractivity contribution in [1.82, 2.24) is 15.3 Å². The number of aromatic nitrogens is 2. The van der Waals surface area contributed by atoms with Crippen molar-refractivity contribution in [1.29, 1.82) is 0 Å². The van der Waals surface area contributed by atoms with Crippen LogP contribution in [0.2, 0.25) is 5.02 Å². The summed E-state index contributed by atoms with van der Waals surface area (Å²) in [6.07, 6.45) is 7.74. The lowest BCUT2D eigenvalue weighted by Gasteiger charge is -2.20. The molecular weight excluding hydrogens is 277 g/mol. The highest BCUT2D eigenvalue weighted by Gasteiger charge is 2.17. The largest absolute Gasteiger partial charge is 0.310 e. The minimum absolute atomic E-state index is 0.127. The number of pyridine rings is 2. The predicted octanol–water partition coefficient (Wildman–Crippen LogP) is 3.55. The van der Waals surface area contributed by atoms with Crippen LogP contribution in [0.3, 0.4) is 0 Å². The molecule has 1 unspecified atom stereocenters. The van der Waals surface area contributed by atoms with Crippen molar-refractivity contribution in [3.05, 3.63) is 58.9 Å². The Kier molecular flexibility index (Phi) is 5.44. The molecule has 0 bridgehead atoms. The molecule has 0 fully saturated rings. The molecule has 0 aliphatic heterocycles. The van der Waals surface area contributed by atoms with E-state index in [4.69, 9.17) is 11.6 Å². The molecule has 0 spiro atoms. The van der Waals surface area contributed by atoms with E-state index in [0.717, 1.165) is 18.5 Å². The molecule has 2 rings (SSSR count). The molecule has 0 aromatic carbocycles. The molecule has 1 N–H and O–H groups in total. The van der Waals surface area contributed by atoms with Gasteiger partial charge in [0.25, 0.3) is 0 Å². The van der Waals surface area contributed by atoms with E-state index < -0.39 is 0 Å². The zero-order valence-corrected chi connectivity index (χ0v) is 12.1. The maximum Gasteiger partial charge on any atom is 0.146 e. The van der Waals surface area contributed by atoms with Gasteiger partial charge >= 0.3 is 0 Å². The smallest absolute Gasteiger partial charge is 0.146 e. The van der Waals surface area contributed by atoms with Crippen LogP contribution in [-0.2, 0) is 6.42 Å². The fraction of sp³-hybridized carbons (Fsp3) is 0.333. The molecule has 5 heteroatoms. The molecule has 0 saturated heterocycles. The highest BCUT2D eigenvalue weighted by atomic mass is 35.5. The Balaban J connectivity index is 2.24. The van der Waals surface area contributed by atoms with Gasteiger partial charge < -0.3 is 5.32 Å². The van der Waals surface area contributed by atoms with E-state index >= 15 is 0 Å². The number of hydrogen-bond donors (Lipinski definition) is 1. The number of rotatable bonds is 6. The van der Waals surface area contributed by atoms with Gasteiger partial charge in [-0.2, -0.15) is 0 Å². The van der Waals surface area contributed by atoms with Crippen LogP contribution in [0.5, 0.6) is 0 Å². The van der Waals surface area contributed by atoms with Crippen LogP contribution in [0.15, 0.2) is 36.9 Å². The molecule has 0 radical (unpaired) electrons.